The van der Waals surface area contributed by atoms with Gasteiger partial charge in [-0.05, 0) is 6.42 Å². The average molecular weight is 378 g/mol. The summed E-state index contributed by atoms with van der Waals surface area (Å²) in [6.07, 6.45) is 21.0. The second-order valence-corrected chi connectivity index (χ2v) is 8.94. The molecule has 0 aliphatic heterocycles. The van der Waals surface area contributed by atoms with Crippen molar-refractivity contribution in [1.82, 2.24) is 0 Å². The van der Waals surface area contributed by atoms with Crippen LogP contribution in [0.5, 0.6) is 0 Å². The molecule has 4 nitrogen and oxygen atoms in total. The van der Waals surface area contributed by atoms with E-state index in [0.717, 1.165) is 12.8 Å². The van der Waals surface area contributed by atoms with Gasteiger partial charge in [-0.25, -0.2) is 0 Å². The van der Waals surface area contributed by atoms with E-state index in [0.29, 0.717) is 6.61 Å². The van der Waals surface area contributed by atoms with Crippen LogP contribution in [0, 0.1) is 0 Å². The highest BCUT2D eigenvalue weighted by atomic mass is 32.2. The van der Waals surface area contributed by atoms with Crippen LogP contribution in [-0.4, -0.2) is 27.3 Å². The van der Waals surface area contributed by atoms with Gasteiger partial charge in [-0.3, -0.25) is 4.18 Å². The maximum absolute atomic E-state index is 11.3. The van der Waals surface area contributed by atoms with Gasteiger partial charge in [0.25, 0.3) is 10.1 Å². The lowest BCUT2D eigenvalue weighted by molar-refractivity contribution is 0.306. The Hall–Kier alpha value is -0.130. The van der Waals surface area contributed by atoms with Crippen molar-refractivity contribution in [2.75, 3.05) is 18.9 Å². The third-order valence-corrected chi connectivity index (χ3v) is 5.89. The van der Waals surface area contributed by atoms with Crippen LogP contribution in [-0.2, 0) is 14.3 Å². The van der Waals surface area contributed by atoms with Crippen LogP contribution < -0.4 is 5.73 Å². The molecule has 0 fully saturated rings. The van der Waals surface area contributed by atoms with Crippen molar-refractivity contribution in [3.63, 3.8) is 0 Å². The van der Waals surface area contributed by atoms with E-state index >= 15 is 0 Å². The van der Waals surface area contributed by atoms with Crippen LogP contribution >= 0.6 is 0 Å². The third kappa shape index (κ3) is 20.0. The molecule has 0 bridgehead atoms. The van der Waals surface area contributed by atoms with Gasteiger partial charge in [0.1, 0.15) is 0 Å². The summed E-state index contributed by atoms with van der Waals surface area (Å²) in [5, 5.41) is 0. The zero-order chi connectivity index (χ0) is 18.6. The summed E-state index contributed by atoms with van der Waals surface area (Å²) < 4.78 is 27.5. The fourth-order valence-electron chi connectivity index (χ4n) is 3.04. The van der Waals surface area contributed by atoms with Gasteiger partial charge in [-0.2, -0.15) is 8.42 Å². The minimum atomic E-state index is -3.38. The predicted octanol–water partition coefficient (Wildman–Crippen LogP) is 5.55. The first-order valence-electron chi connectivity index (χ1n) is 10.7. The first kappa shape index (κ1) is 24.9. The van der Waals surface area contributed by atoms with Gasteiger partial charge >= 0.3 is 0 Å². The van der Waals surface area contributed by atoms with Crippen molar-refractivity contribution in [1.29, 1.82) is 0 Å². The summed E-state index contributed by atoms with van der Waals surface area (Å²) in [5.41, 5.74) is 5.22. The maximum Gasteiger partial charge on any atom is 0.268 e. The molecule has 0 rings (SSSR count). The predicted molar refractivity (Wildman–Crippen MR) is 108 cm³/mol. The van der Waals surface area contributed by atoms with E-state index in [1.807, 2.05) is 0 Å². The number of hydrogen-bond donors (Lipinski definition) is 1. The Morgan fingerprint density at radius 3 is 1.36 bits per heavy atom. The Morgan fingerprint density at radius 2 is 1.00 bits per heavy atom. The second-order valence-electron chi connectivity index (χ2n) is 7.18. The van der Waals surface area contributed by atoms with Crippen LogP contribution in [0.15, 0.2) is 0 Å². The van der Waals surface area contributed by atoms with E-state index in [1.54, 1.807) is 0 Å². The molecule has 152 valence electrons. The van der Waals surface area contributed by atoms with Gasteiger partial charge in [-0.15, -0.1) is 0 Å². The maximum atomic E-state index is 11.3. The highest BCUT2D eigenvalue weighted by molar-refractivity contribution is 7.86. The molecule has 0 saturated heterocycles. The largest absolute Gasteiger partial charge is 0.329 e. The van der Waals surface area contributed by atoms with Crippen LogP contribution in [0.2, 0.25) is 0 Å². The fraction of sp³-hybridized carbons (Fsp3) is 1.00. The quantitative estimate of drug-likeness (QED) is 0.223. The van der Waals surface area contributed by atoms with Crippen molar-refractivity contribution >= 4 is 10.1 Å². The van der Waals surface area contributed by atoms with E-state index in [1.165, 1.54) is 89.9 Å². The molecule has 0 saturated carbocycles. The van der Waals surface area contributed by atoms with Crippen molar-refractivity contribution < 1.29 is 12.6 Å². The minimum Gasteiger partial charge on any atom is -0.329 e. The summed E-state index contributed by atoms with van der Waals surface area (Å²) in [7, 11) is -3.38. The van der Waals surface area contributed by atoms with E-state index in [2.05, 4.69) is 6.92 Å². The standard InChI is InChI=1S/C20H43NO3S/c1-2-3-4-5-6-7-8-9-10-11-12-13-14-15-16-17-19-24-25(22,23)20-18-21/h2-21H2,1H3. The number of unbranched alkanes of at least 4 members (excludes halogenated alkanes) is 15. The van der Waals surface area contributed by atoms with E-state index in [9.17, 15) is 8.42 Å². The fourth-order valence-corrected chi connectivity index (χ4v) is 3.82. The number of hydrogen-bond acceptors (Lipinski definition) is 4. The smallest absolute Gasteiger partial charge is 0.268 e. The number of nitrogens with two attached hydrogens (primary N) is 1. The van der Waals surface area contributed by atoms with Crippen LogP contribution in [0.1, 0.15) is 110 Å². The topological polar surface area (TPSA) is 69.4 Å². The molecule has 0 aliphatic rings. The summed E-state index contributed by atoms with van der Waals surface area (Å²) in [6, 6.07) is 0. The van der Waals surface area contributed by atoms with Gasteiger partial charge in [0, 0.05) is 6.54 Å². The summed E-state index contributed by atoms with van der Waals surface area (Å²) in [5.74, 6) is -0.0775. The zero-order valence-corrected chi connectivity index (χ0v) is 17.5. The number of rotatable bonds is 20. The molecular formula is C20H43NO3S. The van der Waals surface area contributed by atoms with Crippen LogP contribution in [0.25, 0.3) is 0 Å². The molecule has 0 radical (unpaired) electrons. The second kappa shape index (κ2) is 18.7. The summed E-state index contributed by atoms with van der Waals surface area (Å²) in [4.78, 5) is 0. The van der Waals surface area contributed by atoms with Crippen LogP contribution in [0.3, 0.4) is 0 Å². The summed E-state index contributed by atoms with van der Waals surface area (Å²) in [6.45, 7) is 2.70. The molecule has 2 N–H and O–H groups in total. The van der Waals surface area contributed by atoms with Gasteiger partial charge in [0.2, 0.25) is 0 Å². The van der Waals surface area contributed by atoms with E-state index < -0.39 is 10.1 Å². The van der Waals surface area contributed by atoms with Crippen molar-refractivity contribution in [3.05, 3.63) is 0 Å². The van der Waals surface area contributed by atoms with Crippen LogP contribution in [0.4, 0.5) is 0 Å². The molecule has 0 aliphatic carbocycles. The van der Waals surface area contributed by atoms with Gasteiger partial charge in [0.15, 0.2) is 0 Å². The molecule has 0 aromatic rings. The molecule has 0 unspecified atom stereocenters. The molecule has 0 heterocycles. The lowest BCUT2D eigenvalue weighted by Gasteiger charge is -2.05. The molecule has 0 spiro atoms. The Balaban J connectivity index is 3.12. The van der Waals surface area contributed by atoms with Gasteiger partial charge in [-0.1, -0.05) is 103 Å². The third-order valence-electron chi connectivity index (χ3n) is 4.63. The SMILES string of the molecule is CCCCCCCCCCCCCCCCCCOS(=O)(=O)CCN. The van der Waals surface area contributed by atoms with Crippen molar-refractivity contribution in [2.24, 2.45) is 5.73 Å². The highest BCUT2D eigenvalue weighted by Crippen LogP contribution is 2.13. The molecular weight excluding hydrogens is 334 g/mol. The summed E-state index contributed by atoms with van der Waals surface area (Å²) >= 11 is 0. The Kier molecular flexibility index (Phi) is 18.6. The van der Waals surface area contributed by atoms with Crippen molar-refractivity contribution in [3.8, 4) is 0 Å². The molecule has 0 aromatic carbocycles. The molecule has 0 aromatic heterocycles. The van der Waals surface area contributed by atoms with E-state index in [4.69, 9.17) is 9.92 Å². The lowest BCUT2D eigenvalue weighted by Crippen LogP contribution is -2.18. The van der Waals surface area contributed by atoms with E-state index in [-0.39, 0.29) is 12.3 Å². The van der Waals surface area contributed by atoms with Gasteiger partial charge < -0.3 is 5.73 Å². The first-order valence-corrected chi connectivity index (χ1v) is 12.3. The minimum absolute atomic E-state index is 0.0775. The molecule has 0 atom stereocenters. The Bertz CT molecular complexity index is 358. The molecule has 5 heteroatoms. The monoisotopic (exact) mass is 377 g/mol. The Morgan fingerprint density at radius 1 is 0.640 bits per heavy atom. The molecule has 0 amide bonds. The lowest BCUT2D eigenvalue weighted by atomic mass is 10.0. The van der Waals surface area contributed by atoms with Crippen molar-refractivity contribution in [2.45, 2.75) is 110 Å². The highest BCUT2D eigenvalue weighted by Gasteiger charge is 2.08. The average Bonchev–Trinajstić information content (AvgIpc) is 2.57. The van der Waals surface area contributed by atoms with Gasteiger partial charge in [0.05, 0.1) is 12.4 Å². The Labute approximate surface area is 157 Å². The normalized spacial score (nSPS) is 11.9. The molecule has 25 heavy (non-hydrogen) atoms. The first-order chi connectivity index (χ1) is 12.1. The zero-order valence-electron chi connectivity index (χ0n) is 16.6.